The first-order chi connectivity index (χ1) is 14.0. The Balaban J connectivity index is 0. The molecular weight excluding hydrogens is 374 g/mol. The molecule has 0 saturated heterocycles. The van der Waals surface area contributed by atoms with Crippen LogP contribution in [0.3, 0.4) is 0 Å². The zero-order chi connectivity index (χ0) is 22.5. The van der Waals surface area contributed by atoms with Crippen LogP contribution in [0.4, 0.5) is 0 Å². The zero-order valence-corrected chi connectivity index (χ0v) is 20.6. The Labute approximate surface area is 185 Å². The van der Waals surface area contributed by atoms with Gasteiger partial charge in [0.2, 0.25) is 0 Å². The number of nitrogens with one attached hydrogen (secondary N) is 1. The van der Waals surface area contributed by atoms with E-state index in [1.54, 1.807) is 11.8 Å². The number of thioether (sulfide) groups is 1. The quantitative estimate of drug-likeness (QED) is 0.387. The van der Waals surface area contributed by atoms with E-state index < -0.39 is 5.54 Å². The molecule has 0 aromatic heterocycles. The Morgan fingerprint density at radius 3 is 2.34 bits per heavy atom. The van der Waals surface area contributed by atoms with E-state index in [-0.39, 0.29) is 0 Å². The van der Waals surface area contributed by atoms with Gasteiger partial charge in [-0.15, -0.1) is 0 Å². The molecule has 0 radical (unpaired) electrons. The predicted molar refractivity (Wildman–Crippen MR) is 133 cm³/mol. The fraction of sp³-hybridized carbons (Fsp3) is 0.560. The molecule has 0 spiro atoms. The van der Waals surface area contributed by atoms with Crippen LogP contribution in [0.2, 0.25) is 0 Å². The van der Waals surface area contributed by atoms with E-state index in [4.69, 9.17) is 0 Å². The van der Waals surface area contributed by atoms with Crippen LogP contribution in [0.15, 0.2) is 54.8 Å². The van der Waals surface area contributed by atoms with Crippen molar-refractivity contribution in [2.45, 2.75) is 66.5 Å². The maximum Gasteiger partial charge on any atom is 0.123 e. The van der Waals surface area contributed by atoms with E-state index in [0.29, 0.717) is 0 Å². The molecule has 1 N–H and O–H groups in total. The summed E-state index contributed by atoms with van der Waals surface area (Å²) < 4.78 is 0. The Morgan fingerprint density at radius 2 is 1.83 bits per heavy atom. The monoisotopic (exact) mass is 417 g/mol. The van der Waals surface area contributed by atoms with Crippen LogP contribution in [0.25, 0.3) is 0 Å². The highest BCUT2D eigenvalue weighted by molar-refractivity contribution is 7.98. The first-order valence-electron chi connectivity index (χ1n) is 10.8. The Kier molecular flexibility index (Phi) is 19.9. The summed E-state index contributed by atoms with van der Waals surface area (Å²) in [5, 5.41) is 12.9. The number of hydrogen-bond donors (Lipinski definition) is 1. The third kappa shape index (κ3) is 14.9. The lowest BCUT2D eigenvalue weighted by Crippen LogP contribution is -2.43. The van der Waals surface area contributed by atoms with E-state index in [2.05, 4.69) is 66.4 Å². The number of benzene rings is 1. The molecule has 0 saturated carbocycles. The van der Waals surface area contributed by atoms with Gasteiger partial charge in [0.1, 0.15) is 5.54 Å². The Bertz CT molecular complexity index is 577. The minimum Gasteiger partial charge on any atom is -0.368 e. The van der Waals surface area contributed by atoms with Crippen LogP contribution in [0.5, 0.6) is 0 Å². The van der Waals surface area contributed by atoms with Gasteiger partial charge in [0.05, 0.1) is 6.07 Å². The van der Waals surface area contributed by atoms with Crippen molar-refractivity contribution in [2.75, 3.05) is 25.1 Å². The molecule has 1 aromatic rings. The lowest BCUT2D eigenvalue weighted by atomic mass is 9.98. The van der Waals surface area contributed by atoms with Crippen molar-refractivity contribution < 1.29 is 0 Å². The van der Waals surface area contributed by atoms with Crippen LogP contribution in [0, 0.1) is 11.3 Å². The molecule has 4 heteroatoms. The topological polar surface area (TPSA) is 39.1 Å². The third-order valence-corrected chi connectivity index (χ3v) is 4.51. The maximum absolute atomic E-state index is 9.64. The number of nitriles is 1. The van der Waals surface area contributed by atoms with Crippen LogP contribution in [-0.2, 0) is 6.54 Å². The summed E-state index contributed by atoms with van der Waals surface area (Å²) in [6.07, 6.45) is 7.95. The SMILES string of the molecule is C=C(/C=C\CSC)NC(C)(C#N)CCN(CCC)Cc1ccccc1.CC.CC. The molecule has 0 amide bonds. The van der Waals surface area contributed by atoms with Gasteiger partial charge >= 0.3 is 0 Å². The number of hydrogen-bond acceptors (Lipinski definition) is 4. The second-order valence-electron chi connectivity index (χ2n) is 6.46. The van der Waals surface area contributed by atoms with Crippen molar-refractivity contribution in [1.82, 2.24) is 10.2 Å². The second kappa shape index (κ2) is 19.6. The minimum absolute atomic E-state index is 0.608. The molecule has 164 valence electrons. The van der Waals surface area contributed by atoms with Crippen LogP contribution in [0.1, 0.15) is 59.9 Å². The summed E-state index contributed by atoms with van der Waals surface area (Å²) in [5.74, 6) is 0.950. The molecular formula is C25H43N3S. The minimum atomic E-state index is -0.608. The molecule has 1 unspecified atom stereocenters. The van der Waals surface area contributed by atoms with E-state index >= 15 is 0 Å². The van der Waals surface area contributed by atoms with Crippen molar-refractivity contribution in [2.24, 2.45) is 0 Å². The number of rotatable bonds is 12. The van der Waals surface area contributed by atoms with E-state index in [1.807, 2.05) is 46.8 Å². The molecule has 0 aliphatic heterocycles. The highest BCUT2D eigenvalue weighted by Gasteiger charge is 2.24. The van der Waals surface area contributed by atoms with Gasteiger partial charge in [-0.2, -0.15) is 17.0 Å². The highest BCUT2D eigenvalue weighted by Crippen LogP contribution is 2.14. The molecule has 0 aliphatic carbocycles. The average Bonchev–Trinajstić information content (AvgIpc) is 2.76. The van der Waals surface area contributed by atoms with Gasteiger partial charge in [-0.1, -0.05) is 77.6 Å². The standard InChI is InChI=1S/C21H31N3S.2C2H6/c1-5-14-24(17-20-11-7-6-8-12-20)15-13-21(3,18-22)23-19(2)10-9-16-25-4;2*1-2/h6-12,23H,2,5,13-17H2,1,3-4H3;2*1-2H3/b10-9-;;. The average molecular weight is 418 g/mol. The summed E-state index contributed by atoms with van der Waals surface area (Å²) in [4.78, 5) is 2.42. The molecule has 3 nitrogen and oxygen atoms in total. The van der Waals surface area contributed by atoms with Gasteiger partial charge in [0.15, 0.2) is 0 Å². The largest absolute Gasteiger partial charge is 0.368 e. The lowest BCUT2D eigenvalue weighted by molar-refractivity contribution is 0.241. The number of allylic oxidation sites excluding steroid dienone is 1. The van der Waals surface area contributed by atoms with Crippen molar-refractivity contribution in [3.63, 3.8) is 0 Å². The first-order valence-corrected chi connectivity index (χ1v) is 12.2. The molecule has 0 bridgehead atoms. The van der Waals surface area contributed by atoms with Crippen molar-refractivity contribution in [1.29, 1.82) is 5.26 Å². The van der Waals surface area contributed by atoms with Crippen molar-refractivity contribution in [3.05, 3.63) is 60.3 Å². The molecule has 1 aromatic carbocycles. The molecule has 29 heavy (non-hydrogen) atoms. The fourth-order valence-electron chi connectivity index (χ4n) is 2.64. The maximum atomic E-state index is 9.64. The second-order valence-corrected chi connectivity index (χ2v) is 7.37. The van der Waals surface area contributed by atoms with Crippen molar-refractivity contribution >= 4 is 11.8 Å². The van der Waals surface area contributed by atoms with Crippen LogP contribution in [-0.4, -0.2) is 35.5 Å². The summed E-state index contributed by atoms with van der Waals surface area (Å²) in [6, 6.07) is 12.9. The summed E-state index contributed by atoms with van der Waals surface area (Å²) in [5.41, 5.74) is 1.50. The van der Waals surface area contributed by atoms with Crippen molar-refractivity contribution in [3.8, 4) is 6.07 Å². The Morgan fingerprint density at radius 1 is 1.21 bits per heavy atom. The summed E-state index contributed by atoms with van der Waals surface area (Å²) >= 11 is 1.76. The highest BCUT2D eigenvalue weighted by atomic mass is 32.2. The third-order valence-electron chi connectivity index (χ3n) is 3.98. The van der Waals surface area contributed by atoms with Gasteiger partial charge in [0.25, 0.3) is 0 Å². The van der Waals surface area contributed by atoms with Crippen LogP contribution < -0.4 is 5.32 Å². The normalized spacial score (nSPS) is 12.1. The van der Waals surface area contributed by atoms with Gasteiger partial charge in [-0.25, -0.2) is 0 Å². The molecule has 1 rings (SSSR count). The van der Waals surface area contributed by atoms with Gasteiger partial charge < -0.3 is 5.32 Å². The molecule has 0 fully saturated rings. The fourth-order valence-corrected chi connectivity index (χ4v) is 2.93. The summed E-state index contributed by atoms with van der Waals surface area (Å²) in [7, 11) is 0. The van der Waals surface area contributed by atoms with Gasteiger partial charge in [-0.3, -0.25) is 4.90 Å². The van der Waals surface area contributed by atoms with E-state index in [9.17, 15) is 5.26 Å². The molecule has 0 heterocycles. The summed E-state index contributed by atoms with van der Waals surface area (Å²) in [6.45, 7) is 19.0. The molecule has 1 atom stereocenters. The first kappa shape index (κ1) is 29.5. The Hall–Kier alpha value is -1.70. The molecule has 0 aliphatic rings. The van der Waals surface area contributed by atoms with Crippen LogP contribution >= 0.6 is 11.8 Å². The smallest absolute Gasteiger partial charge is 0.123 e. The van der Waals surface area contributed by atoms with E-state index in [1.165, 1.54) is 5.56 Å². The number of nitrogens with zero attached hydrogens (tertiary/aromatic N) is 2. The van der Waals surface area contributed by atoms with Gasteiger partial charge in [0, 0.05) is 24.5 Å². The predicted octanol–water partition coefficient (Wildman–Crippen LogP) is 6.65. The van der Waals surface area contributed by atoms with Gasteiger partial charge in [-0.05, 0) is 44.2 Å². The van der Waals surface area contributed by atoms with E-state index in [0.717, 1.165) is 43.9 Å². The zero-order valence-electron chi connectivity index (χ0n) is 19.8. The lowest BCUT2D eigenvalue weighted by Gasteiger charge is -2.29.